The average Bonchev–Trinajstić information content (AvgIpc) is 2.34. The summed E-state index contributed by atoms with van der Waals surface area (Å²) in [5.74, 6) is 0.398. The summed E-state index contributed by atoms with van der Waals surface area (Å²) < 4.78 is 14.9. The van der Waals surface area contributed by atoms with Crippen LogP contribution < -0.4 is 4.74 Å². The highest BCUT2D eigenvalue weighted by Gasteiger charge is 2.04. The van der Waals surface area contributed by atoms with E-state index in [0.717, 1.165) is 12.2 Å². The van der Waals surface area contributed by atoms with Crippen molar-refractivity contribution < 1.29 is 19.0 Å². The molecule has 4 heteroatoms. The Morgan fingerprint density at radius 1 is 1.12 bits per heavy atom. The average molecular weight is 224 g/mol. The van der Waals surface area contributed by atoms with E-state index in [-0.39, 0.29) is 5.97 Å². The topological polar surface area (TPSA) is 44.8 Å². The first kappa shape index (κ1) is 12.5. The van der Waals surface area contributed by atoms with Gasteiger partial charge in [-0.15, -0.1) is 0 Å². The van der Waals surface area contributed by atoms with E-state index in [1.54, 1.807) is 31.4 Å². The van der Waals surface area contributed by atoms with Gasteiger partial charge in [0.1, 0.15) is 5.75 Å². The number of esters is 1. The third-order valence-corrected chi connectivity index (χ3v) is 2.04. The number of carbonyl (C=O) groups is 1. The normalized spacial score (nSPS) is 9.88. The molecule has 0 bridgehead atoms. The summed E-state index contributed by atoms with van der Waals surface area (Å²) in [5.41, 5.74) is 0.520. The van der Waals surface area contributed by atoms with E-state index in [1.807, 2.05) is 0 Å². The van der Waals surface area contributed by atoms with Gasteiger partial charge in [-0.25, -0.2) is 4.79 Å². The van der Waals surface area contributed by atoms with Crippen LogP contribution in [0.25, 0.3) is 0 Å². The van der Waals surface area contributed by atoms with Crippen molar-refractivity contribution in [1.82, 2.24) is 0 Å². The highest BCUT2D eigenvalue weighted by atomic mass is 16.5. The van der Waals surface area contributed by atoms with Gasteiger partial charge in [-0.3, -0.25) is 0 Å². The fourth-order valence-corrected chi connectivity index (χ4v) is 1.20. The Hall–Kier alpha value is -1.55. The molecule has 0 aromatic heterocycles. The lowest BCUT2D eigenvalue weighted by Gasteiger charge is -2.06. The van der Waals surface area contributed by atoms with E-state index < -0.39 is 0 Å². The van der Waals surface area contributed by atoms with Crippen molar-refractivity contribution in [2.45, 2.75) is 6.42 Å². The molecular weight excluding hydrogens is 208 g/mol. The van der Waals surface area contributed by atoms with E-state index in [4.69, 9.17) is 9.47 Å². The molecule has 0 saturated heterocycles. The van der Waals surface area contributed by atoms with Crippen molar-refractivity contribution >= 4 is 5.97 Å². The van der Waals surface area contributed by atoms with Gasteiger partial charge in [-0.1, -0.05) is 0 Å². The van der Waals surface area contributed by atoms with Gasteiger partial charge >= 0.3 is 5.97 Å². The summed E-state index contributed by atoms with van der Waals surface area (Å²) in [6, 6.07) is 6.85. The van der Waals surface area contributed by atoms with Crippen LogP contribution in [0.1, 0.15) is 16.8 Å². The van der Waals surface area contributed by atoms with Gasteiger partial charge in [0.2, 0.25) is 0 Å². The van der Waals surface area contributed by atoms with Gasteiger partial charge in [0, 0.05) is 20.1 Å². The van der Waals surface area contributed by atoms with Gasteiger partial charge in [0.05, 0.1) is 19.3 Å². The molecule has 1 aromatic carbocycles. The molecule has 0 amide bonds. The first-order valence-electron chi connectivity index (χ1n) is 5.08. The number of carbonyl (C=O) groups excluding carboxylic acids is 1. The Balaban J connectivity index is 2.42. The van der Waals surface area contributed by atoms with Crippen LogP contribution in [-0.2, 0) is 9.47 Å². The quantitative estimate of drug-likeness (QED) is 0.546. The molecule has 4 nitrogen and oxygen atoms in total. The maximum Gasteiger partial charge on any atom is 0.337 e. The number of hydrogen-bond acceptors (Lipinski definition) is 4. The maximum atomic E-state index is 11.1. The summed E-state index contributed by atoms with van der Waals surface area (Å²) in [6.45, 7) is 1.28. The van der Waals surface area contributed by atoms with Crippen LogP contribution in [0.2, 0.25) is 0 Å². The maximum absolute atomic E-state index is 11.1. The third kappa shape index (κ3) is 3.90. The van der Waals surface area contributed by atoms with Crippen LogP contribution in [0.4, 0.5) is 0 Å². The molecule has 0 N–H and O–H groups in total. The second-order valence-corrected chi connectivity index (χ2v) is 3.21. The van der Waals surface area contributed by atoms with Gasteiger partial charge in [0.15, 0.2) is 0 Å². The molecule has 0 atom stereocenters. The Kier molecular flexibility index (Phi) is 5.36. The van der Waals surface area contributed by atoms with E-state index in [1.165, 1.54) is 7.11 Å². The molecule has 0 radical (unpaired) electrons. The largest absolute Gasteiger partial charge is 0.494 e. The fraction of sp³-hybridized carbons (Fsp3) is 0.417. The van der Waals surface area contributed by atoms with Crippen molar-refractivity contribution in [3.8, 4) is 5.75 Å². The molecule has 16 heavy (non-hydrogen) atoms. The predicted molar refractivity (Wildman–Crippen MR) is 59.8 cm³/mol. The minimum atomic E-state index is -0.342. The monoisotopic (exact) mass is 224 g/mol. The van der Waals surface area contributed by atoms with Crippen LogP contribution >= 0.6 is 0 Å². The lowest BCUT2D eigenvalue weighted by molar-refractivity contribution is 0.0600. The summed E-state index contributed by atoms with van der Waals surface area (Å²) in [6.07, 6.45) is 0.843. The Morgan fingerprint density at radius 2 is 1.81 bits per heavy atom. The second kappa shape index (κ2) is 6.85. The van der Waals surface area contributed by atoms with Crippen molar-refractivity contribution in [2.24, 2.45) is 0 Å². The molecule has 1 rings (SSSR count). The lowest BCUT2D eigenvalue weighted by atomic mass is 10.2. The molecule has 0 spiro atoms. The second-order valence-electron chi connectivity index (χ2n) is 3.21. The van der Waals surface area contributed by atoms with Crippen LogP contribution in [0.15, 0.2) is 24.3 Å². The minimum absolute atomic E-state index is 0.342. The van der Waals surface area contributed by atoms with Gasteiger partial charge in [-0.2, -0.15) is 0 Å². The molecule has 0 aliphatic rings. The van der Waals surface area contributed by atoms with E-state index >= 15 is 0 Å². The van der Waals surface area contributed by atoms with Crippen molar-refractivity contribution in [1.29, 1.82) is 0 Å². The molecule has 0 aliphatic heterocycles. The van der Waals surface area contributed by atoms with Gasteiger partial charge in [-0.05, 0) is 24.3 Å². The number of rotatable bonds is 6. The predicted octanol–water partition coefficient (Wildman–Crippen LogP) is 1.89. The van der Waals surface area contributed by atoms with Crippen LogP contribution in [0.5, 0.6) is 5.75 Å². The molecule has 0 fully saturated rings. The molecule has 1 aromatic rings. The number of ether oxygens (including phenoxy) is 3. The zero-order valence-corrected chi connectivity index (χ0v) is 9.56. The van der Waals surface area contributed by atoms with Gasteiger partial charge < -0.3 is 14.2 Å². The van der Waals surface area contributed by atoms with Crippen LogP contribution in [0.3, 0.4) is 0 Å². The van der Waals surface area contributed by atoms with E-state index in [9.17, 15) is 4.79 Å². The lowest BCUT2D eigenvalue weighted by Crippen LogP contribution is -2.03. The van der Waals surface area contributed by atoms with Crippen LogP contribution in [-0.4, -0.2) is 33.4 Å². The highest BCUT2D eigenvalue weighted by Crippen LogP contribution is 2.12. The zero-order valence-electron chi connectivity index (χ0n) is 9.56. The first-order chi connectivity index (χ1) is 7.77. The minimum Gasteiger partial charge on any atom is -0.494 e. The molecule has 0 unspecified atom stereocenters. The number of methoxy groups -OCH3 is 2. The zero-order chi connectivity index (χ0) is 11.8. The standard InChI is InChI=1S/C12H16O4/c1-14-8-3-9-16-11-6-4-10(5-7-11)12(13)15-2/h4-7H,3,8-9H2,1-2H3. The molecule has 0 saturated carbocycles. The smallest absolute Gasteiger partial charge is 0.337 e. The third-order valence-electron chi connectivity index (χ3n) is 2.04. The highest BCUT2D eigenvalue weighted by molar-refractivity contribution is 5.89. The molecule has 0 heterocycles. The Labute approximate surface area is 95.1 Å². The van der Waals surface area contributed by atoms with Crippen molar-refractivity contribution in [3.05, 3.63) is 29.8 Å². The van der Waals surface area contributed by atoms with Gasteiger partial charge in [0.25, 0.3) is 0 Å². The Bertz CT molecular complexity index is 318. The molecule has 88 valence electrons. The summed E-state index contributed by atoms with van der Waals surface area (Å²) in [5, 5.41) is 0. The molecule has 0 aliphatic carbocycles. The first-order valence-corrected chi connectivity index (χ1v) is 5.08. The van der Waals surface area contributed by atoms with Crippen molar-refractivity contribution in [3.63, 3.8) is 0 Å². The summed E-state index contributed by atoms with van der Waals surface area (Å²) in [7, 11) is 3.02. The van der Waals surface area contributed by atoms with E-state index in [0.29, 0.717) is 18.8 Å². The molecular formula is C12H16O4. The summed E-state index contributed by atoms with van der Waals surface area (Å²) in [4.78, 5) is 11.1. The van der Waals surface area contributed by atoms with Crippen molar-refractivity contribution in [2.75, 3.05) is 27.4 Å². The number of hydrogen-bond donors (Lipinski definition) is 0. The number of benzene rings is 1. The van der Waals surface area contributed by atoms with E-state index in [2.05, 4.69) is 4.74 Å². The fourth-order valence-electron chi connectivity index (χ4n) is 1.20. The Morgan fingerprint density at radius 3 is 2.38 bits per heavy atom. The SMILES string of the molecule is COCCCOc1ccc(C(=O)OC)cc1. The van der Waals surface area contributed by atoms with Crippen LogP contribution in [0, 0.1) is 0 Å². The summed E-state index contributed by atoms with van der Waals surface area (Å²) >= 11 is 0.